The molecule has 0 heterocycles. The summed E-state index contributed by atoms with van der Waals surface area (Å²) in [5.41, 5.74) is 6.46. The summed E-state index contributed by atoms with van der Waals surface area (Å²) in [5.74, 6) is -0.129. The molecule has 0 aliphatic carbocycles. The van der Waals surface area contributed by atoms with E-state index in [2.05, 4.69) is 4.99 Å². The van der Waals surface area contributed by atoms with E-state index in [9.17, 15) is 9.18 Å². The molecule has 0 bridgehead atoms. The predicted octanol–water partition coefficient (Wildman–Crippen LogP) is 2.70. The number of halogens is 1. The van der Waals surface area contributed by atoms with Crippen LogP contribution in [0.2, 0.25) is 0 Å². The number of carbonyl (C=O) groups is 1. The highest BCUT2D eigenvalue weighted by atomic mass is 19.1. The minimum Gasteiger partial charge on any atom is -0.489 e. The first-order valence-corrected chi connectivity index (χ1v) is 6.85. The molecule has 0 aliphatic rings. The number of primary amides is 1. The summed E-state index contributed by atoms with van der Waals surface area (Å²) in [6, 6.07) is 13.0. The Morgan fingerprint density at radius 3 is 2.59 bits per heavy atom. The standard InChI is InChI=1S/C17H17FN2O2/c1-12(17(19)21)20-10-13-6-8-15(9-7-13)22-11-14-4-2-3-5-16(14)18/h2-10,12H,11H2,1H3,(H2,19,21)/t12-/m0/s1. The number of amides is 1. The molecule has 0 spiro atoms. The predicted molar refractivity (Wildman–Crippen MR) is 83.4 cm³/mol. The van der Waals surface area contributed by atoms with Gasteiger partial charge in [-0.1, -0.05) is 18.2 Å². The van der Waals surface area contributed by atoms with Gasteiger partial charge in [0.2, 0.25) is 5.91 Å². The zero-order chi connectivity index (χ0) is 15.9. The molecule has 5 heteroatoms. The van der Waals surface area contributed by atoms with Gasteiger partial charge in [-0.25, -0.2) is 4.39 Å². The van der Waals surface area contributed by atoms with E-state index in [0.717, 1.165) is 5.56 Å². The van der Waals surface area contributed by atoms with Gasteiger partial charge in [-0.3, -0.25) is 9.79 Å². The topological polar surface area (TPSA) is 64.7 Å². The lowest BCUT2D eigenvalue weighted by atomic mass is 10.2. The van der Waals surface area contributed by atoms with Gasteiger partial charge in [-0.15, -0.1) is 0 Å². The largest absolute Gasteiger partial charge is 0.489 e. The summed E-state index contributed by atoms with van der Waals surface area (Å²) < 4.78 is 19.0. The van der Waals surface area contributed by atoms with E-state index in [1.807, 2.05) is 0 Å². The molecule has 0 fully saturated rings. The molecular formula is C17H17FN2O2. The Kier molecular flexibility index (Phi) is 5.25. The van der Waals surface area contributed by atoms with Crippen molar-refractivity contribution in [3.63, 3.8) is 0 Å². The van der Waals surface area contributed by atoms with Gasteiger partial charge in [0.05, 0.1) is 0 Å². The smallest absolute Gasteiger partial charge is 0.241 e. The van der Waals surface area contributed by atoms with Crippen LogP contribution in [0.4, 0.5) is 4.39 Å². The van der Waals surface area contributed by atoms with E-state index < -0.39 is 11.9 Å². The fourth-order valence-electron chi connectivity index (χ4n) is 1.70. The maximum absolute atomic E-state index is 13.5. The number of nitrogens with two attached hydrogens (primary N) is 1. The quantitative estimate of drug-likeness (QED) is 0.834. The van der Waals surface area contributed by atoms with Crippen LogP contribution in [0, 0.1) is 5.82 Å². The van der Waals surface area contributed by atoms with Crippen LogP contribution >= 0.6 is 0 Å². The fourth-order valence-corrected chi connectivity index (χ4v) is 1.70. The highest BCUT2D eigenvalue weighted by Gasteiger charge is 2.04. The van der Waals surface area contributed by atoms with Gasteiger partial charge in [0.25, 0.3) is 0 Å². The first kappa shape index (κ1) is 15.7. The molecule has 2 aromatic carbocycles. The molecule has 1 atom stereocenters. The molecule has 0 aromatic heterocycles. The van der Waals surface area contributed by atoms with Crippen LogP contribution in [0.5, 0.6) is 5.75 Å². The Morgan fingerprint density at radius 1 is 1.27 bits per heavy atom. The first-order chi connectivity index (χ1) is 10.6. The lowest BCUT2D eigenvalue weighted by molar-refractivity contribution is -0.118. The summed E-state index contributed by atoms with van der Waals surface area (Å²) in [6.07, 6.45) is 1.58. The van der Waals surface area contributed by atoms with Crippen molar-refractivity contribution in [1.29, 1.82) is 0 Å². The number of benzene rings is 2. The van der Waals surface area contributed by atoms with Crippen LogP contribution in [-0.2, 0) is 11.4 Å². The minimum atomic E-state index is -0.558. The van der Waals surface area contributed by atoms with Crippen molar-refractivity contribution in [1.82, 2.24) is 0 Å². The second-order valence-corrected chi connectivity index (χ2v) is 4.81. The number of rotatable bonds is 6. The Bertz CT molecular complexity index is 669. The van der Waals surface area contributed by atoms with Gasteiger partial charge in [0.15, 0.2) is 0 Å². The third-order valence-electron chi connectivity index (χ3n) is 3.09. The molecule has 22 heavy (non-hydrogen) atoms. The molecule has 4 nitrogen and oxygen atoms in total. The first-order valence-electron chi connectivity index (χ1n) is 6.85. The number of hydrogen-bond acceptors (Lipinski definition) is 3. The summed E-state index contributed by atoms with van der Waals surface area (Å²) in [7, 11) is 0. The van der Waals surface area contributed by atoms with Crippen LogP contribution in [0.3, 0.4) is 0 Å². The van der Waals surface area contributed by atoms with E-state index in [-0.39, 0.29) is 12.4 Å². The second kappa shape index (κ2) is 7.36. The Hall–Kier alpha value is -2.69. The normalized spacial score (nSPS) is 12.3. The molecule has 2 rings (SSSR count). The van der Waals surface area contributed by atoms with Gasteiger partial charge < -0.3 is 10.5 Å². The number of ether oxygens (including phenoxy) is 1. The number of nitrogens with zero attached hydrogens (tertiary/aromatic N) is 1. The number of aliphatic imine (C=N–C) groups is 1. The summed E-state index contributed by atoms with van der Waals surface area (Å²) in [6.45, 7) is 1.80. The highest BCUT2D eigenvalue weighted by Crippen LogP contribution is 2.15. The Morgan fingerprint density at radius 2 is 1.95 bits per heavy atom. The van der Waals surface area contributed by atoms with Crippen LogP contribution in [0.15, 0.2) is 53.5 Å². The second-order valence-electron chi connectivity index (χ2n) is 4.81. The molecule has 2 aromatic rings. The van der Waals surface area contributed by atoms with Crippen molar-refractivity contribution in [3.8, 4) is 5.75 Å². The third kappa shape index (κ3) is 4.41. The summed E-state index contributed by atoms with van der Waals surface area (Å²) in [4.78, 5) is 14.9. The van der Waals surface area contributed by atoms with E-state index in [4.69, 9.17) is 10.5 Å². The van der Waals surface area contributed by atoms with Gasteiger partial charge in [-0.2, -0.15) is 0 Å². The van der Waals surface area contributed by atoms with Crippen LogP contribution in [-0.4, -0.2) is 18.2 Å². The van der Waals surface area contributed by atoms with E-state index >= 15 is 0 Å². The molecule has 1 amide bonds. The van der Waals surface area contributed by atoms with Gasteiger partial charge >= 0.3 is 0 Å². The Balaban J connectivity index is 1.95. The minimum absolute atomic E-state index is 0.165. The molecule has 0 radical (unpaired) electrons. The van der Waals surface area contributed by atoms with Crippen LogP contribution in [0.25, 0.3) is 0 Å². The highest BCUT2D eigenvalue weighted by molar-refractivity contribution is 5.85. The average molecular weight is 300 g/mol. The zero-order valence-electron chi connectivity index (χ0n) is 12.2. The lowest BCUT2D eigenvalue weighted by Crippen LogP contribution is -2.23. The lowest BCUT2D eigenvalue weighted by Gasteiger charge is -2.07. The molecule has 0 unspecified atom stereocenters. The van der Waals surface area contributed by atoms with Crippen molar-refractivity contribution in [2.75, 3.05) is 0 Å². The maximum atomic E-state index is 13.5. The summed E-state index contributed by atoms with van der Waals surface area (Å²) in [5, 5.41) is 0. The van der Waals surface area contributed by atoms with E-state index in [1.165, 1.54) is 6.07 Å². The van der Waals surface area contributed by atoms with Gasteiger partial charge in [-0.05, 0) is 42.8 Å². The molecule has 114 valence electrons. The SMILES string of the molecule is C[C@H](N=Cc1ccc(OCc2ccccc2F)cc1)C(N)=O. The van der Waals surface area contributed by atoms with Gasteiger partial charge in [0.1, 0.15) is 24.2 Å². The molecule has 0 saturated carbocycles. The molecule has 2 N–H and O–H groups in total. The maximum Gasteiger partial charge on any atom is 0.241 e. The zero-order valence-corrected chi connectivity index (χ0v) is 12.2. The van der Waals surface area contributed by atoms with Crippen molar-refractivity contribution >= 4 is 12.1 Å². The van der Waals surface area contributed by atoms with Crippen LogP contribution in [0.1, 0.15) is 18.1 Å². The van der Waals surface area contributed by atoms with Crippen LogP contribution < -0.4 is 10.5 Å². The van der Waals surface area contributed by atoms with Gasteiger partial charge in [0, 0.05) is 11.8 Å². The number of carbonyl (C=O) groups excluding carboxylic acids is 1. The molecular weight excluding hydrogens is 283 g/mol. The molecule has 0 aliphatic heterocycles. The van der Waals surface area contributed by atoms with Crippen molar-refractivity contribution < 1.29 is 13.9 Å². The average Bonchev–Trinajstić information content (AvgIpc) is 2.52. The third-order valence-corrected chi connectivity index (χ3v) is 3.09. The van der Waals surface area contributed by atoms with Crippen molar-refractivity contribution in [2.45, 2.75) is 19.6 Å². The molecule has 0 saturated heterocycles. The van der Waals surface area contributed by atoms with Crippen molar-refractivity contribution in [3.05, 3.63) is 65.5 Å². The fraction of sp³-hybridized carbons (Fsp3) is 0.176. The number of hydrogen-bond donors (Lipinski definition) is 1. The summed E-state index contributed by atoms with van der Waals surface area (Å²) >= 11 is 0. The van der Waals surface area contributed by atoms with E-state index in [0.29, 0.717) is 11.3 Å². The van der Waals surface area contributed by atoms with Crippen molar-refractivity contribution in [2.24, 2.45) is 10.7 Å². The Labute approximate surface area is 128 Å². The van der Waals surface area contributed by atoms with E-state index in [1.54, 1.807) is 55.6 Å². The monoisotopic (exact) mass is 300 g/mol.